The second-order valence-corrected chi connectivity index (χ2v) is 3.00. The van der Waals surface area contributed by atoms with Gasteiger partial charge in [0.2, 0.25) is 0 Å². The third-order valence-electron chi connectivity index (χ3n) is 1.84. The summed E-state index contributed by atoms with van der Waals surface area (Å²) in [6, 6.07) is 0. The number of aliphatic hydroxyl groups is 1. The van der Waals surface area contributed by atoms with Crippen molar-refractivity contribution >= 4 is 0 Å². The fourth-order valence-electron chi connectivity index (χ4n) is 1.07. The maximum atomic E-state index is 9.36. The second kappa shape index (κ2) is 8.44. The molecule has 4 heteroatoms. The van der Waals surface area contributed by atoms with Crippen molar-refractivity contribution in [3.8, 4) is 0 Å². The predicted molar refractivity (Wildman–Crippen MR) is 51.6 cm³/mol. The van der Waals surface area contributed by atoms with Gasteiger partial charge in [-0.25, -0.2) is 0 Å². The van der Waals surface area contributed by atoms with E-state index >= 15 is 0 Å². The molecule has 0 aliphatic rings. The van der Waals surface area contributed by atoms with Crippen LogP contribution in [0.4, 0.5) is 0 Å². The fourth-order valence-corrected chi connectivity index (χ4v) is 1.07. The zero-order chi connectivity index (χ0) is 10.1. The van der Waals surface area contributed by atoms with Gasteiger partial charge in [-0.05, 0) is 6.42 Å². The molecule has 0 aromatic heterocycles. The molecule has 0 aliphatic heterocycles. The van der Waals surface area contributed by atoms with Crippen molar-refractivity contribution in [1.82, 2.24) is 5.32 Å². The molecular formula is C9H21NO3. The SMILES string of the molecule is CCCC(O)CNCC(OC)OC. The Morgan fingerprint density at radius 3 is 2.31 bits per heavy atom. The Balaban J connectivity index is 3.32. The van der Waals surface area contributed by atoms with Crippen molar-refractivity contribution in [3.05, 3.63) is 0 Å². The van der Waals surface area contributed by atoms with E-state index in [9.17, 15) is 5.11 Å². The van der Waals surface area contributed by atoms with E-state index in [0.29, 0.717) is 13.1 Å². The van der Waals surface area contributed by atoms with Gasteiger partial charge in [0, 0.05) is 27.3 Å². The predicted octanol–water partition coefficient (Wildman–Crippen LogP) is 0.356. The Morgan fingerprint density at radius 1 is 1.23 bits per heavy atom. The van der Waals surface area contributed by atoms with Crippen LogP contribution in [0.15, 0.2) is 0 Å². The topological polar surface area (TPSA) is 50.7 Å². The first kappa shape index (κ1) is 12.8. The van der Waals surface area contributed by atoms with Crippen LogP contribution in [0.25, 0.3) is 0 Å². The van der Waals surface area contributed by atoms with Crippen LogP contribution in [0.5, 0.6) is 0 Å². The summed E-state index contributed by atoms with van der Waals surface area (Å²) in [5.74, 6) is 0. The lowest BCUT2D eigenvalue weighted by Gasteiger charge is -2.15. The number of aliphatic hydroxyl groups excluding tert-OH is 1. The smallest absolute Gasteiger partial charge is 0.169 e. The number of nitrogens with one attached hydrogen (secondary N) is 1. The lowest BCUT2D eigenvalue weighted by atomic mass is 10.2. The van der Waals surface area contributed by atoms with Gasteiger partial charge in [0.1, 0.15) is 0 Å². The number of rotatable bonds is 8. The molecule has 0 heterocycles. The maximum absolute atomic E-state index is 9.36. The highest BCUT2D eigenvalue weighted by molar-refractivity contribution is 4.59. The normalized spacial score (nSPS) is 13.6. The first-order valence-corrected chi connectivity index (χ1v) is 4.69. The van der Waals surface area contributed by atoms with Gasteiger partial charge in [0.25, 0.3) is 0 Å². The summed E-state index contributed by atoms with van der Waals surface area (Å²) in [4.78, 5) is 0. The highest BCUT2D eigenvalue weighted by atomic mass is 16.7. The first-order valence-electron chi connectivity index (χ1n) is 4.69. The standard InChI is InChI=1S/C9H21NO3/c1-4-5-8(11)6-10-7-9(12-2)13-3/h8-11H,4-7H2,1-3H3. The van der Waals surface area contributed by atoms with Crippen LogP contribution in [-0.4, -0.2) is 44.8 Å². The molecule has 0 aromatic rings. The highest BCUT2D eigenvalue weighted by Gasteiger charge is 2.06. The van der Waals surface area contributed by atoms with Gasteiger partial charge in [0.05, 0.1) is 6.10 Å². The summed E-state index contributed by atoms with van der Waals surface area (Å²) < 4.78 is 9.95. The van der Waals surface area contributed by atoms with E-state index in [0.717, 1.165) is 12.8 Å². The van der Waals surface area contributed by atoms with E-state index in [1.165, 1.54) is 0 Å². The van der Waals surface area contributed by atoms with Crippen LogP contribution >= 0.6 is 0 Å². The van der Waals surface area contributed by atoms with Gasteiger partial charge in [-0.1, -0.05) is 13.3 Å². The maximum Gasteiger partial charge on any atom is 0.169 e. The monoisotopic (exact) mass is 191 g/mol. The number of ether oxygens (including phenoxy) is 2. The molecule has 0 fully saturated rings. The molecule has 1 atom stereocenters. The van der Waals surface area contributed by atoms with Crippen molar-refractivity contribution in [1.29, 1.82) is 0 Å². The van der Waals surface area contributed by atoms with Crippen LogP contribution in [0.2, 0.25) is 0 Å². The Hall–Kier alpha value is -0.160. The molecule has 0 rings (SSSR count). The summed E-state index contributed by atoms with van der Waals surface area (Å²) in [6.07, 6.45) is 1.34. The Morgan fingerprint density at radius 2 is 1.85 bits per heavy atom. The van der Waals surface area contributed by atoms with E-state index in [-0.39, 0.29) is 12.4 Å². The third-order valence-corrected chi connectivity index (χ3v) is 1.84. The average molecular weight is 191 g/mol. The second-order valence-electron chi connectivity index (χ2n) is 3.00. The summed E-state index contributed by atoms with van der Waals surface area (Å²) >= 11 is 0. The largest absolute Gasteiger partial charge is 0.392 e. The first-order chi connectivity index (χ1) is 6.24. The minimum atomic E-state index is -0.264. The molecule has 0 radical (unpaired) electrons. The van der Waals surface area contributed by atoms with Gasteiger partial charge in [0.15, 0.2) is 6.29 Å². The zero-order valence-electron chi connectivity index (χ0n) is 8.75. The quantitative estimate of drug-likeness (QED) is 0.544. The molecule has 0 amide bonds. The minimum absolute atomic E-state index is 0.228. The van der Waals surface area contributed by atoms with Crippen LogP contribution in [0.1, 0.15) is 19.8 Å². The molecule has 2 N–H and O–H groups in total. The van der Waals surface area contributed by atoms with Crippen LogP contribution in [0, 0.1) is 0 Å². The molecule has 0 bridgehead atoms. The van der Waals surface area contributed by atoms with E-state index in [2.05, 4.69) is 12.2 Å². The third kappa shape index (κ3) is 6.95. The molecule has 0 aliphatic carbocycles. The van der Waals surface area contributed by atoms with Crippen molar-refractivity contribution < 1.29 is 14.6 Å². The lowest BCUT2D eigenvalue weighted by molar-refractivity contribution is -0.0994. The van der Waals surface area contributed by atoms with Gasteiger partial charge >= 0.3 is 0 Å². The molecular weight excluding hydrogens is 170 g/mol. The van der Waals surface area contributed by atoms with Crippen LogP contribution < -0.4 is 5.32 Å². The lowest BCUT2D eigenvalue weighted by Crippen LogP contribution is -2.34. The zero-order valence-corrected chi connectivity index (χ0v) is 8.75. The molecule has 80 valence electrons. The summed E-state index contributed by atoms with van der Waals surface area (Å²) in [7, 11) is 3.19. The number of hydrogen-bond acceptors (Lipinski definition) is 4. The molecule has 4 nitrogen and oxygen atoms in total. The van der Waals surface area contributed by atoms with Crippen molar-refractivity contribution in [3.63, 3.8) is 0 Å². The molecule has 0 saturated carbocycles. The minimum Gasteiger partial charge on any atom is -0.392 e. The van der Waals surface area contributed by atoms with Gasteiger partial charge in [-0.2, -0.15) is 0 Å². The molecule has 0 aromatic carbocycles. The average Bonchev–Trinajstić information content (AvgIpc) is 2.13. The van der Waals surface area contributed by atoms with Gasteiger partial charge in [-0.15, -0.1) is 0 Å². The summed E-state index contributed by atoms with van der Waals surface area (Å²) in [6.45, 7) is 3.25. The Bertz CT molecular complexity index is 107. The number of hydrogen-bond donors (Lipinski definition) is 2. The molecule has 0 saturated heterocycles. The van der Waals surface area contributed by atoms with Gasteiger partial charge < -0.3 is 19.9 Å². The highest BCUT2D eigenvalue weighted by Crippen LogP contribution is 1.94. The van der Waals surface area contributed by atoms with E-state index < -0.39 is 0 Å². The molecule has 1 unspecified atom stereocenters. The Kier molecular flexibility index (Phi) is 8.33. The van der Waals surface area contributed by atoms with E-state index in [4.69, 9.17) is 9.47 Å². The summed E-state index contributed by atoms with van der Waals surface area (Å²) in [5, 5.41) is 12.4. The number of methoxy groups -OCH3 is 2. The van der Waals surface area contributed by atoms with Crippen molar-refractivity contribution in [2.75, 3.05) is 27.3 Å². The van der Waals surface area contributed by atoms with E-state index in [1.807, 2.05) is 0 Å². The van der Waals surface area contributed by atoms with Gasteiger partial charge in [-0.3, -0.25) is 0 Å². The molecule has 13 heavy (non-hydrogen) atoms. The summed E-state index contributed by atoms with van der Waals surface area (Å²) in [5.41, 5.74) is 0. The molecule has 0 spiro atoms. The van der Waals surface area contributed by atoms with Crippen molar-refractivity contribution in [2.24, 2.45) is 0 Å². The van der Waals surface area contributed by atoms with Crippen LogP contribution in [-0.2, 0) is 9.47 Å². The van der Waals surface area contributed by atoms with E-state index in [1.54, 1.807) is 14.2 Å². The Labute approximate surface area is 80.2 Å². The van der Waals surface area contributed by atoms with Crippen molar-refractivity contribution in [2.45, 2.75) is 32.2 Å². The fraction of sp³-hybridized carbons (Fsp3) is 1.00. The van der Waals surface area contributed by atoms with Crippen LogP contribution in [0.3, 0.4) is 0 Å².